The van der Waals surface area contributed by atoms with Crippen LogP contribution in [-0.4, -0.2) is 55.5 Å². The second-order valence-electron chi connectivity index (χ2n) is 8.22. The molecule has 2 N–H and O–H groups in total. The fourth-order valence-electron chi connectivity index (χ4n) is 4.13. The van der Waals surface area contributed by atoms with Gasteiger partial charge in [-0.15, -0.1) is 0 Å². The van der Waals surface area contributed by atoms with Gasteiger partial charge in [0.25, 0.3) is 0 Å². The van der Waals surface area contributed by atoms with E-state index in [1.807, 2.05) is 31.4 Å². The van der Waals surface area contributed by atoms with Crippen molar-refractivity contribution in [3.8, 4) is 17.0 Å². The number of carbonyl (C=O) groups excluding carboxylic acids is 1. The topological polar surface area (TPSA) is 111 Å². The first-order chi connectivity index (χ1) is 16.1. The molecule has 3 aromatic heterocycles. The number of rotatable bonds is 6. The molecule has 0 bridgehead atoms. The van der Waals surface area contributed by atoms with E-state index in [2.05, 4.69) is 25.7 Å². The minimum Gasteiger partial charge on any atom is -0.495 e. The van der Waals surface area contributed by atoms with Crippen molar-refractivity contribution in [3.63, 3.8) is 0 Å². The molecule has 170 valence electrons. The normalized spacial score (nSPS) is 14.5. The highest BCUT2D eigenvalue weighted by molar-refractivity contribution is 5.94. The summed E-state index contributed by atoms with van der Waals surface area (Å²) in [5, 5.41) is 15.2. The Morgan fingerprint density at radius 2 is 2.09 bits per heavy atom. The van der Waals surface area contributed by atoms with Gasteiger partial charge in [-0.3, -0.25) is 14.5 Å². The molecule has 1 aliphatic rings. The predicted molar refractivity (Wildman–Crippen MR) is 123 cm³/mol. The Hall–Kier alpha value is -3.79. The average Bonchev–Trinajstić information content (AvgIpc) is 3.46. The summed E-state index contributed by atoms with van der Waals surface area (Å²) in [6.07, 6.45) is 9.36. The Labute approximate surface area is 191 Å². The number of amides is 1. The van der Waals surface area contributed by atoms with E-state index in [4.69, 9.17) is 9.84 Å². The molecule has 0 aliphatic carbocycles. The van der Waals surface area contributed by atoms with Gasteiger partial charge in [0.2, 0.25) is 5.91 Å². The molecule has 33 heavy (non-hydrogen) atoms. The van der Waals surface area contributed by atoms with Gasteiger partial charge in [0.1, 0.15) is 5.75 Å². The largest absolute Gasteiger partial charge is 0.495 e. The molecule has 1 aromatic carbocycles. The maximum Gasteiger partial charge on any atom is 0.227 e. The third kappa shape index (κ3) is 4.42. The number of ether oxygens (including phenoxy) is 1. The summed E-state index contributed by atoms with van der Waals surface area (Å²) in [4.78, 5) is 21.6. The van der Waals surface area contributed by atoms with Crippen molar-refractivity contribution in [1.82, 2.24) is 34.7 Å². The quantitative estimate of drug-likeness (QED) is 0.466. The van der Waals surface area contributed by atoms with Crippen molar-refractivity contribution >= 4 is 17.2 Å². The molecule has 0 saturated carbocycles. The van der Waals surface area contributed by atoms with Gasteiger partial charge >= 0.3 is 0 Å². The monoisotopic (exact) mass is 446 g/mol. The smallest absolute Gasteiger partial charge is 0.227 e. The third-order valence-electron chi connectivity index (χ3n) is 5.89. The molecule has 1 aliphatic heterocycles. The Morgan fingerprint density at radius 3 is 2.85 bits per heavy atom. The molecule has 4 aromatic rings. The van der Waals surface area contributed by atoms with Crippen LogP contribution in [0.15, 0.2) is 43.0 Å². The van der Waals surface area contributed by atoms with Crippen molar-refractivity contribution in [3.05, 3.63) is 54.4 Å². The van der Waals surface area contributed by atoms with E-state index in [1.165, 1.54) is 0 Å². The average molecular weight is 447 g/mol. The van der Waals surface area contributed by atoms with Gasteiger partial charge in [0.05, 0.1) is 37.1 Å². The zero-order valence-electron chi connectivity index (χ0n) is 18.7. The first-order valence-corrected chi connectivity index (χ1v) is 11.0. The van der Waals surface area contributed by atoms with Crippen LogP contribution in [0.3, 0.4) is 0 Å². The minimum atomic E-state index is 0.0282. The number of nitrogens with one attached hydrogen (secondary N) is 2. The molecule has 1 amide bonds. The van der Waals surface area contributed by atoms with E-state index in [1.54, 1.807) is 34.9 Å². The molecule has 1 fully saturated rings. The standard InChI is InChI=1S/C23H26N8O2/c1-30-14-17(11-26-30)19-12-25-13-22-28-21(29-31(19)22)10-15-3-4-18(20(9-15)33-2)27-23(32)16-5-7-24-8-6-16/h3-4,9,11-14,16,24H,5-8,10H2,1-2H3,(H,27,32). The second kappa shape index (κ2) is 8.99. The summed E-state index contributed by atoms with van der Waals surface area (Å²) in [6.45, 7) is 1.75. The van der Waals surface area contributed by atoms with Gasteiger partial charge in [0, 0.05) is 31.1 Å². The van der Waals surface area contributed by atoms with Crippen molar-refractivity contribution in [1.29, 1.82) is 0 Å². The first-order valence-electron chi connectivity index (χ1n) is 11.0. The molecule has 0 atom stereocenters. The van der Waals surface area contributed by atoms with Crippen LogP contribution >= 0.6 is 0 Å². The van der Waals surface area contributed by atoms with E-state index in [0.29, 0.717) is 29.3 Å². The number of hydrogen-bond donors (Lipinski definition) is 2. The molecule has 0 unspecified atom stereocenters. The van der Waals surface area contributed by atoms with Crippen molar-refractivity contribution in [2.45, 2.75) is 19.3 Å². The van der Waals surface area contributed by atoms with Crippen LogP contribution in [0, 0.1) is 5.92 Å². The Balaban J connectivity index is 1.36. The van der Waals surface area contributed by atoms with Crippen LogP contribution < -0.4 is 15.4 Å². The summed E-state index contributed by atoms with van der Waals surface area (Å²) >= 11 is 0. The maximum atomic E-state index is 12.6. The van der Waals surface area contributed by atoms with Crippen LogP contribution in [0.5, 0.6) is 5.75 Å². The lowest BCUT2D eigenvalue weighted by Crippen LogP contribution is -2.34. The molecular weight excluding hydrogens is 420 g/mol. The van der Waals surface area contributed by atoms with Crippen LogP contribution in [0.25, 0.3) is 16.9 Å². The molecule has 10 nitrogen and oxygen atoms in total. The van der Waals surface area contributed by atoms with E-state index in [9.17, 15) is 4.79 Å². The number of methoxy groups -OCH3 is 1. The summed E-state index contributed by atoms with van der Waals surface area (Å²) in [6, 6.07) is 5.77. The number of aromatic nitrogens is 6. The summed E-state index contributed by atoms with van der Waals surface area (Å²) in [7, 11) is 3.48. The van der Waals surface area contributed by atoms with E-state index in [-0.39, 0.29) is 11.8 Å². The van der Waals surface area contributed by atoms with Crippen molar-refractivity contribution < 1.29 is 9.53 Å². The SMILES string of the molecule is COc1cc(Cc2nc3cncc(-c4cnn(C)c4)n3n2)ccc1NC(=O)C1CCNCC1. The van der Waals surface area contributed by atoms with Gasteiger partial charge in [0.15, 0.2) is 11.5 Å². The zero-order chi connectivity index (χ0) is 22.8. The molecule has 0 spiro atoms. The number of benzene rings is 1. The predicted octanol–water partition coefficient (Wildman–Crippen LogP) is 2.06. The highest BCUT2D eigenvalue weighted by atomic mass is 16.5. The van der Waals surface area contributed by atoms with Crippen LogP contribution in [0.2, 0.25) is 0 Å². The number of aryl methyl sites for hydroxylation is 1. The first kappa shape index (κ1) is 21.1. The van der Waals surface area contributed by atoms with Gasteiger partial charge < -0.3 is 15.4 Å². The number of anilines is 1. The summed E-state index contributed by atoms with van der Waals surface area (Å²) < 4.78 is 9.08. The van der Waals surface area contributed by atoms with E-state index >= 15 is 0 Å². The lowest BCUT2D eigenvalue weighted by Gasteiger charge is -2.22. The zero-order valence-corrected chi connectivity index (χ0v) is 18.7. The second-order valence-corrected chi connectivity index (χ2v) is 8.22. The Kier molecular flexibility index (Phi) is 5.74. The van der Waals surface area contributed by atoms with Gasteiger partial charge in [-0.2, -0.15) is 10.2 Å². The lowest BCUT2D eigenvalue weighted by atomic mass is 9.97. The molecule has 1 saturated heterocycles. The number of fused-ring (bicyclic) bond motifs is 1. The summed E-state index contributed by atoms with van der Waals surface area (Å²) in [5.41, 5.74) is 4.08. The van der Waals surface area contributed by atoms with Crippen LogP contribution in [-0.2, 0) is 18.3 Å². The number of carbonyl (C=O) groups is 1. The maximum absolute atomic E-state index is 12.6. The fraction of sp³-hybridized carbons (Fsp3) is 0.348. The van der Waals surface area contributed by atoms with E-state index < -0.39 is 0 Å². The lowest BCUT2D eigenvalue weighted by molar-refractivity contribution is -0.120. The number of nitrogens with zero attached hydrogens (tertiary/aromatic N) is 6. The fourth-order valence-corrected chi connectivity index (χ4v) is 4.13. The van der Waals surface area contributed by atoms with E-state index in [0.717, 1.165) is 42.8 Å². The minimum absolute atomic E-state index is 0.0282. The molecule has 0 radical (unpaired) electrons. The Morgan fingerprint density at radius 1 is 1.24 bits per heavy atom. The number of piperidine rings is 1. The third-order valence-corrected chi connectivity index (χ3v) is 5.89. The van der Waals surface area contributed by atoms with Gasteiger partial charge in [-0.1, -0.05) is 6.07 Å². The van der Waals surface area contributed by atoms with Crippen molar-refractivity contribution in [2.75, 3.05) is 25.5 Å². The Bertz CT molecular complexity index is 1290. The van der Waals surface area contributed by atoms with Crippen molar-refractivity contribution in [2.24, 2.45) is 13.0 Å². The van der Waals surface area contributed by atoms with Crippen LogP contribution in [0.1, 0.15) is 24.2 Å². The van der Waals surface area contributed by atoms with Gasteiger partial charge in [-0.05, 0) is 43.6 Å². The molecule has 5 rings (SSSR count). The highest BCUT2D eigenvalue weighted by Gasteiger charge is 2.22. The molecular formula is C23H26N8O2. The highest BCUT2D eigenvalue weighted by Crippen LogP contribution is 2.28. The van der Waals surface area contributed by atoms with Crippen LogP contribution in [0.4, 0.5) is 5.69 Å². The van der Waals surface area contributed by atoms with Gasteiger partial charge in [-0.25, -0.2) is 9.50 Å². The summed E-state index contributed by atoms with van der Waals surface area (Å²) in [5.74, 6) is 1.36. The molecule has 4 heterocycles. The molecule has 10 heteroatoms. The number of hydrogen-bond acceptors (Lipinski definition) is 7.